The van der Waals surface area contributed by atoms with Crippen LogP contribution >= 0.6 is 11.8 Å². The van der Waals surface area contributed by atoms with Crippen LogP contribution in [0.2, 0.25) is 0 Å². The summed E-state index contributed by atoms with van der Waals surface area (Å²) in [6.07, 6.45) is 0. The van der Waals surface area contributed by atoms with Crippen LogP contribution in [0, 0.1) is 29.6 Å². The fraction of sp³-hybridized carbons (Fsp3) is 0.176. The Labute approximate surface area is 143 Å². The van der Waals surface area contributed by atoms with Gasteiger partial charge in [-0.15, -0.1) is 11.8 Å². The third-order valence-corrected chi connectivity index (χ3v) is 4.63. The van der Waals surface area contributed by atoms with Gasteiger partial charge in [0.05, 0.1) is 22.2 Å². The molecule has 0 fully saturated rings. The lowest BCUT2D eigenvalue weighted by molar-refractivity contribution is 0.761. The number of hydrogen-bond acceptors (Lipinski definition) is 6. The maximum absolute atomic E-state index is 9.23. The second-order valence-corrected chi connectivity index (χ2v) is 6.23. The van der Waals surface area contributed by atoms with E-state index in [1.165, 1.54) is 17.8 Å². The molecule has 6 nitrogen and oxygen atoms in total. The Morgan fingerprint density at radius 1 is 1.17 bits per heavy atom. The van der Waals surface area contributed by atoms with Gasteiger partial charge < -0.3 is 10.3 Å². The average molecular weight is 334 g/mol. The van der Waals surface area contributed by atoms with Gasteiger partial charge in [-0.25, -0.2) is 9.97 Å². The zero-order valence-electron chi connectivity index (χ0n) is 13.0. The summed E-state index contributed by atoms with van der Waals surface area (Å²) in [4.78, 5) is 8.73. The molecule has 118 valence electrons. The highest BCUT2D eigenvalue weighted by Crippen LogP contribution is 2.25. The molecule has 0 aliphatic carbocycles. The zero-order valence-corrected chi connectivity index (χ0v) is 13.8. The van der Waals surface area contributed by atoms with Crippen LogP contribution in [-0.2, 0) is 6.54 Å². The summed E-state index contributed by atoms with van der Waals surface area (Å²) < 4.78 is 2.14. The summed E-state index contributed by atoms with van der Waals surface area (Å²) in [6, 6.07) is 13.5. The Kier molecular flexibility index (Phi) is 4.37. The van der Waals surface area contributed by atoms with E-state index in [0.29, 0.717) is 16.3 Å². The second kappa shape index (κ2) is 6.61. The Morgan fingerprint density at radius 3 is 2.67 bits per heavy atom. The van der Waals surface area contributed by atoms with Crippen molar-refractivity contribution in [1.29, 1.82) is 10.5 Å². The van der Waals surface area contributed by atoms with Crippen molar-refractivity contribution >= 4 is 28.6 Å². The van der Waals surface area contributed by atoms with E-state index in [1.807, 2.05) is 37.3 Å². The zero-order chi connectivity index (χ0) is 17.1. The molecule has 2 heterocycles. The van der Waals surface area contributed by atoms with Gasteiger partial charge >= 0.3 is 0 Å². The van der Waals surface area contributed by atoms with Crippen LogP contribution in [0.1, 0.15) is 17.0 Å². The first-order valence-corrected chi connectivity index (χ1v) is 8.28. The topological polar surface area (TPSA) is 104 Å². The highest BCUT2D eigenvalue weighted by molar-refractivity contribution is 7.99. The van der Waals surface area contributed by atoms with Gasteiger partial charge in [0.25, 0.3) is 0 Å². The summed E-state index contributed by atoms with van der Waals surface area (Å²) in [5, 5.41) is 18.7. The van der Waals surface area contributed by atoms with Crippen molar-refractivity contribution in [2.45, 2.75) is 18.5 Å². The number of aromatic nitrogens is 3. The molecule has 0 radical (unpaired) electrons. The van der Waals surface area contributed by atoms with E-state index in [-0.39, 0.29) is 11.4 Å². The molecule has 0 saturated carbocycles. The maximum atomic E-state index is 9.23. The number of imidazole rings is 1. The molecule has 24 heavy (non-hydrogen) atoms. The van der Waals surface area contributed by atoms with E-state index < -0.39 is 0 Å². The SMILES string of the molecule is Cc1nc2ccccc2n1CCSc1nc(N)c(C#N)cc1C#N. The first-order chi connectivity index (χ1) is 11.6. The van der Waals surface area contributed by atoms with Crippen molar-refractivity contribution < 1.29 is 0 Å². The fourth-order valence-corrected chi connectivity index (χ4v) is 3.39. The van der Waals surface area contributed by atoms with Gasteiger partial charge in [0.15, 0.2) is 0 Å². The van der Waals surface area contributed by atoms with Crippen LogP contribution in [0.25, 0.3) is 11.0 Å². The number of thioether (sulfide) groups is 1. The predicted molar refractivity (Wildman–Crippen MR) is 93.3 cm³/mol. The first-order valence-electron chi connectivity index (χ1n) is 7.29. The molecular weight excluding hydrogens is 320 g/mol. The molecule has 0 bridgehead atoms. The largest absolute Gasteiger partial charge is 0.383 e. The van der Waals surface area contributed by atoms with Crippen LogP contribution < -0.4 is 5.73 Å². The van der Waals surface area contributed by atoms with Gasteiger partial charge in [-0.3, -0.25) is 0 Å². The van der Waals surface area contributed by atoms with Crippen LogP contribution in [0.5, 0.6) is 0 Å². The molecule has 0 amide bonds. The van der Waals surface area contributed by atoms with Gasteiger partial charge in [-0.2, -0.15) is 10.5 Å². The number of fused-ring (bicyclic) bond motifs is 1. The number of nitrogens with zero attached hydrogens (tertiary/aromatic N) is 5. The van der Waals surface area contributed by atoms with Gasteiger partial charge in [0, 0.05) is 12.3 Å². The van der Waals surface area contributed by atoms with Gasteiger partial charge in [-0.05, 0) is 25.1 Å². The second-order valence-electron chi connectivity index (χ2n) is 5.15. The van der Waals surface area contributed by atoms with Gasteiger partial charge in [-0.1, -0.05) is 12.1 Å². The predicted octanol–water partition coefficient (Wildman–Crippen LogP) is 2.86. The molecular formula is C17H14N6S. The quantitative estimate of drug-likeness (QED) is 0.736. The lowest BCUT2D eigenvalue weighted by atomic mass is 10.2. The standard InChI is InChI=1S/C17H14N6S/c1-11-21-14-4-2-3-5-15(14)23(11)6-7-24-17-13(10-19)8-12(9-18)16(20)22-17/h2-5,8H,6-7H2,1H3,(H2,20,22). The Hall–Kier alpha value is -3.03. The summed E-state index contributed by atoms with van der Waals surface area (Å²) in [5.41, 5.74) is 8.41. The number of rotatable bonds is 4. The average Bonchev–Trinajstić information content (AvgIpc) is 2.91. The maximum Gasteiger partial charge on any atom is 0.142 e. The van der Waals surface area contributed by atoms with Crippen LogP contribution in [-0.4, -0.2) is 20.3 Å². The first kappa shape index (κ1) is 15.9. The highest BCUT2D eigenvalue weighted by atomic mass is 32.2. The fourth-order valence-electron chi connectivity index (χ4n) is 2.50. The lowest BCUT2D eigenvalue weighted by Gasteiger charge is -2.08. The van der Waals surface area contributed by atoms with E-state index in [1.54, 1.807) is 0 Å². The molecule has 0 unspecified atom stereocenters. The minimum Gasteiger partial charge on any atom is -0.383 e. The van der Waals surface area contributed by atoms with E-state index in [2.05, 4.69) is 20.6 Å². The van der Waals surface area contributed by atoms with Gasteiger partial charge in [0.1, 0.15) is 28.8 Å². The Bertz CT molecular complexity index is 993. The molecule has 7 heteroatoms. The molecule has 0 atom stereocenters. The molecule has 2 aromatic heterocycles. The number of benzene rings is 1. The van der Waals surface area contributed by atoms with Crippen molar-refractivity contribution in [3.63, 3.8) is 0 Å². The molecule has 0 aliphatic rings. The van der Waals surface area contributed by atoms with Crippen molar-refractivity contribution in [3.8, 4) is 12.1 Å². The minimum absolute atomic E-state index is 0.156. The van der Waals surface area contributed by atoms with Crippen molar-refractivity contribution in [2.24, 2.45) is 0 Å². The van der Waals surface area contributed by atoms with Crippen LogP contribution in [0.15, 0.2) is 35.4 Å². The number of para-hydroxylation sites is 2. The smallest absolute Gasteiger partial charge is 0.142 e. The summed E-state index contributed by atoms with van der Waals surface area (Å²) in [6.45, 7) is 2.72. The molecule has 3 aromatic rings. The molecule has 0 spiro atoms. The number of nitrogens with two attached hydrogens (primary N) is 1. The van der Waals surface area contributed by atoms with E-state index in [4.69, 9.17) is 11.0 Å². The number of hydrogen-bond donors (Lipinski definition) is 1. The van der Waals surface area contributed by atoms with Crippen molar-refractivity contribution in [1.82, 2.24) is 14.5 Å². The van der Waals surface area contributed by atoms with Crippen molar-refractivity contribution in [3.05, 3.63) is 47.3 Å². The third kappa shape index (κ3) is 2.90. The summed E-state index contributed by atoms with van der Waals surface area (Å²) in [5.74, 6) is 1.82. The number of nitriles is 2. The Morgan fingerprint density at radius 2 is 1.92 bits per heavy atom. The van der Waals surface area contributed by atoms with E-state index in [0.717, 1.165) is 23.4 Å². The number of anilines is 1. The van der Waals surface area contributed by atoms with Gasteiger partial charge in [0.2, 0.25) is 0 Å². The normalized spacial score (nSPS) is 10.5. The van der Waals surface area contributed by atoms with Crippen LogP contribution in [0.3, 0.4) is 0 Å². The van der Waals surface area contributed by atoms with E-state index >= 15 is 0 Å². The molecule has 0 saturated heterocycles. The molecule has 1 aromatic carbocycles. The lowest BCUT2D eigenvalue weighted by Crippen LogP contribution is -2.04. The third-order valence-electron chi connectivity index (χ3n) is 3.66. The number of nitrogen functional groups attached to an aromatic ring is 1. The molecule has 2 N–H and O–H groups in total. The molecule has 3 rings (SSSR count). The summed E-state index contributed by atoms with van der Waals surface area (Å²) >= 11 is 1.45. The van der Waals surface area contributed by atoms with Crippen LogP contribution in [0.4, 0.5) is 5.82 Å². The van der Waals surface area contributed by atoms with E-state index in [9.17, 15) is 5.26 Å². The number of aryl methyl sites for hydroxylation is 2. The number of pyridine rings is 1. The minimum atomic E-state index is 0.156. The molecule has 0 aliphatic heterocycles. The highest BCUT2D eigenvalue weighted by Gasteiger charge is 2.11. The summed E-state index contributed by atoms with van der Waals surface area (Å²) in [7, 11) is 0. The Balaban J connectivity index is 1.80. The van der Waals surface area contributed by atoms with Crippen molar-refractivity contribution in [2.75, 3.05) is 11.5 Å². The monoisotopic (exact) mass is 334 g/mol.